The summed E-state index contributed by atoms with van der Waals surface area (Å²) < 4.78 is 5.89. The van der Waals surface area contributed by atoms with Crippen LogP contribution in [-0.2, 0) is 19.4 Å². The average molecular weight is 399 g/mol. The minimum Gasteiger partial charge on any atom is -0.491 e. The number of rotatable bonds is 7. The Morgan fingerprint density at radius 3 is 2.57 bits per heavy atom. The van der Waals surface area contributed by atoms with Crippen molar-refractivity contribution < 1.29 is 9.84 Å². The van der Waals surface area contributed by atoms with E-state index in [1.54, 1.807) is 0 Å². The number of hydrogen-bond donors (Lipinski definition) is 1. The molecule has 0 saturated carbocycles. The molecule has 0 aromatic heterocycles. The van der Waals surface area contributed by atoms with Gasteiger partial charge >= 0.3 is 0 Å². The molecule has 0 amide bonds. The molecule has 1 atom stereocenters. The van der Waals surface area contributed by atoms with Gasteiger partial charge in [0.1, 0.15) is 18.5 Å². The Morgan fingerprint density at radius 2 is 1.73 bits per heavy atom. The molecule has 0 aliphatic carbocycles. The standard InChI is InChI=1S/C26H26N2O2/c27-13-11-20-5-3-8-22(15-20)23-9-4-10-26(16-23)30-19-25(29)18-28-14-12-21-6-1-2-7-24(21)17-28/h1-10,15-16,25,29H,11-12,14,17-19H2. The van der Waals surface area contributed by atoms with Crippen molar-refractivity contribution >= 4 is 0 Å². The average Bonchev–Trinajstić information content (AvgIpc) is 2.78. The SMILES string of the molecule is N#CCc1cccc(-c2cccc(OCC(O)CN3CCc4ccccc4C3)c2)c1. The van der Waals surface area contributed by atoms with Crippen molar-refractivity contribution in [2.45, 2.75) is 25.5 Å². The molecule has 3 aromatic carbocycles. The molecule has 1 N–H and O–H groups in total. The maximum absolute atomic E-state index is 10.5. The second-order valence-electron chi connectivity index (χ2n) is 7.78. The highest BCUT2D eigenvalue weighted by Crippen LogP contribution is 2.25. The molecule has 1 aliphatic heterocycles. The lowest BCUT2D eigenvalue weighted by molar-refractivity contribution is 0.0638. The molecule has 1 aliphatic rings. The van der Waals surface area contributed by atoms with E-state index in [1.165, 1.54) is 11.1 Å². The van der Waals surface area contributed by atoms with Crippen LogP contribution in [-0.4, -0.2) is 35.8 Å². The molecule has 3 aromatic rings. The van der Waals surface area contributed by atoms with E-state index < -0.39 is 6.10 Å². The summed E-state index contributed by atoms with van der Waals surface area (Å²) >= 11 is 0. The largest absolute Gasteiger partial charge is 0.491 e. The van der Waals surface area contributed by atoms with Crippen LogP contribution in [0, 0.1) is 11.3 Å². The number of fused-ring (bicyclic) bond motifs is 1. The predicted molar refractivity (Wildman–Crippen MR) is 118 cm³/mol. The summed E-state index contributed by atoms with van der Waals surface area (Å²) in [4.78, 5) is 2.29. The number of benzene rings is 3. The van der Waals surface area contributed by atoms with Gasteiger partial charge in [-0.15, -0.1) is 0 Å². The van der Waals surface area contributed by atoms with Crippen molar-refractivity contribution in [2.75, 3.05) is 19.7 Å². The predicted octanol–water partition coefficient (Wildman–Crippen LogP) is 4.22. The smallest absolute Gasteiger partial charge is 0.120 e. The summed E-state index contributed by atoms with van der Waals surface area (Å²) in [5.41, 5.74) is 5.85. The zero-order valence-electron chi connectivity index (χ0n) is 17.0. The molecule has 0 bridgehead atoms. The summed E-state index contributed by atoms with van der Waals surface area (Å²) in [5.74, 6) is 0.737. The molecular formula is C26H26N2O2. The van der Waals surface area contributed by atoms with Gasteiger partial charge < -0.3 is 9.84 Å². The Labute approximate surface area is 178 Å². The van der Waals surface area contributed by atoms with Crippen LogP contribution >= 0.6 is 0 Å². The molecule has 1 unspecified atom stereocenters. The second kappa shape index (κ2) is 9.58. The van der Waals surface area contributed by atoms with Crippen LogP contribution in [0.1, 0.15) is 16.7 Å². The Hall–Kier alpha value is -3.13. The van der Waals surface area contributed by atoms with Gasteiger partial charge in [0.2, 0.25) is 0 Å². The van der Waals surface area contributed by atoms with E-state index >= 15 is 0 Å². The number of β-amino-alcohol motifs (C(OH)–C–C–N with tert-alkyl or cyclic N) is 1. The third kappa shape index (κ3) is 5.07. The van der Waals surface area contributed by atoms with Crippen molar-refractivity contribution in [1.82, 2.24) is 4.90 Å². The minimum atomic E-state index is -0.544. The van der Waals surface area contributed by atoms with Gasteiger partial charge in [-0.2, -0.15) is 5.26 Å². The normalized spacial score (nSPS) is 14.5. The van der Waals surface area contributed by atoms with Crippen LogP contribution in [0.2, 0.25) is 0 Å². The summed E-state index contributed by atoms with van der Waals surface area (Å²) in [6.07, 6.45) is 0.881. The summed E-state index contributed by atoms with van der Waals surface area (Å²) in [5, 5.41) is 19.4. The fourth-order valence-corrected chi connectivity index (χ4v) is 3.97. The quantitative estimate of drug-likeness (QED) is 0.647. The van der Waals surface area contributed by atoms with Crippen LogP contribution in [0.3, 0.4) is 0 Å². The molecular weight excluding hydrogens is 372 g/mol. The molecule has 152 valence electrons. The first-order valence-corrected chi connectivity index (χ1v) is 10.4. The number of aliphatic hydroxyl groups excluding tert-OH is 1. The second-order valence-corrected chi connectivity index (χ2v) is 7.78. The Bertz CT molecular complexity index is 1040. The number of nitrogens with zero attached hydrogens (tertiary/aromatic N) is 2. The lowest BCUT2D eigenvalue weighted by atomic mass is 10.00. The minimum absolute atomic E-state index is 0.260. The molecule has 1 heterocycles. The van der Waals surface area contributed by atoms with E-state index in [1.807, 2.05) is 48.5 Å². The van der Waals surface area contributed by atoms with Crippen LogP contribution < -0.4 is 4.74 Å². The maximum Gasteiger partial charge on any atom is 0.120 e. The highest BCUT2D eigenvalue weighted by Gasteiger charge is 2.18. The fourth-order valence-electron chi connectivity index (χ4n) is 3.97. The first-order chi connectivity index (χ1) is 14.7. The highest BCUT2D eigenvalue weighted by molar-refractivity contribution is 5.65. The van der Waals surface area contributed by atoms with Crippen LogP contribution in [0.5, 0.6) is 5.75 Å². The fraction of sp³-hybridized carbons (Fsp3) is 0.269. The van der Waals surface area contributed by atoms with Crippen molar-refractivity contribution in [1.29, 1.82) is 5.26 Å². The summed E-state index contributed by atoms with van der Waals surface area (Å²) in [6, 6.07) is 26.6. The Balaban J connectivity index is 1.34. The molecule has 0 radical (unpaired) electrons. The maximum atomic E-state index is 10.5. The molecule has 0 fully saturated rings. The monoisotopic (exact) mass is 398 g/mol. The number of hydrogen-bond acceptors (Lipinski definition) is 4. The number of nitriles is 1. The zero-order valence-corrected chi connectivity index (χ0v) is 17.0. The number of aliphatic hydroxyl groups is 1. The van der Waals surface area contributed by atoms with Crippen molar-refractivity contribution in [2.24, 2.45) is 0 Å². The van der Waals surface area contributed by atoms with Crippen LogP contribution in [0.4, 0.5) is 0 Å². The first kappa shape index (κ1) is 20.2. The zero-order chi connectivity index (χ0) is 20.8. The molecule has 0 spiro atoms. The lowest BCUT2D eigenvalue weighted by Crippen LogP contribution is -2.38. The highest BCUT2D eigenvalue weighted by atomic mass is 16.5. The van der Waals surface area contributed by atoms with Gasteiger partial charge in [-0.1, -0.05) is 60.7 Å². The molecule has 30 heavy (non-hydrogen) atoms. The Kier molecular flexibility index (Phi) is 6.44. The Morgan fingerprint density at radius 1 is 0.967 bits per heavy atom. The summed E-state index contributed by atoms with van der Waals surface area (Å²) in [6.45, 7) is 2.70. The van der Waals surface area contributed by atoms with Gasteiger partial charge in [-0.25, -0.2) is 0 Å². The van der Waals surface area contributed by atoms with Crippen molar-refractivity contribution in [3.05, 3.63) is 89.5 Å². The number of ether oxygens (including phenoxy) is 1. The van der Waals surface area contributed by atoms with E-state index in [0.717, 1.165) is 42.0 Å². The molecule has 4 rings (SSSR count). The third-order valence-corrected chi connectivity index (χ3v) is 5.50. The van der Waals surface area contributed by atoms with Crippen LogP contribution in [0.25, 0.3) is 11.1 Å². The lowest BCUT2D eigenvalue weighted by Gasteiger charge is -2.30. The van der Waals surface area contributed by atoms with Crippen LogP contribution in [0.15, 0.2) is 72.8 Å². The topological polar surface area (TPSA) is 56.5 Å². The van der Waals surface area contributed by atoms with Gasteiger partial charge in [0.05, 0.1) is 12.5 Å². The molecule has 4 heteroatoms. The van der Waals surface area contributed by atoms with E-state index in [9.17, 15) is 5.11 Å². The van der Waals surface area contributed by atoms with Gasteiger partial charge in [0.15, 0.2) is 0 Å². The van der Waals surface area contributed by atoms with E-state index in [2.05, 4.69) is 35.2 Å². The van der Waals surface area contributed by atoms with Crippen molar-refractivity contribution in [3.8, 4) is 22.9 Å². The van der Waals surface area contributed by atoms with Crippen molar-refractivity contribution in [3.63, 3.8) is 0 Å². The van der Waals surface area contributed by atoms with Gasteiger partial charge in [0, 0.05) is 19.6 Å². The summed E-state index contributed by atoms with van der Waals surface area (Å²) in [7, 11) is 0. The van der Waals surface area contributed by atoms with E-state index in [0.29, 0.717) is 13.0 Å². The van der Waals surface area contributed by atoms with E-state index in [-0.39, 0.29) is 6.61 Å². The molecule has 0 saturated heterocycles. The van der Waals surface area contributed by atoms with E-state index in [4.69, 9.17) is 10.00 Å². The van der Waals surface area contributed by atoms with Gasteiger partial charge in [-0.3, -0.25) is 4.90 Å². The molecule has 4 nitrogen and oxygen atoms in total. The third-order valence-electron chi connectivity index (χ3n) is 5.50. The van der Waals surface area contributed by atoms with Gasteiger partial charge in [0.25, 0.3) is 0 Å². The van der Waals surface area contributed by atoms with Gasteiger partial charge in [-0.05, 0) is 46.4 Å². The first-order valence-electron chi connectivity index (χ1n) is 10.4.